The average Bonchev–Trinajstić information content (AvgIpc) is 2.41. The van der Waals surface area contributed by atoms with Crippen LogP contribution < -0.4 is 16.2 Å². The van der Waals surface area contributed by atoms with Crippen molar-refractivity contribution in [2.75, 3.05) is 30.5 Å². The van der Waals surface area contributed by atoms with Gasteiger partial charge in [-0.05, 0) is 31.4 Å². The van der Waals surface area contributed by atoms with E-state index in [1.54, 1.807) is 11.9 Å². The van der Waals surface area contributed by atoms with E-state index in [1.165, 1.54) is 0 Å². The number of pyridine rings is 1. The highest BCUT2D eigenvalue weighted by Gasteiger charge is 2.32. The molecule has 0 radical (unpaired) electrons. The minimum atomic E-state index is -4.44. The number of unbranched alkanes of at least 4 members (excludes halogenated alkanes) is 2. The van der Waals surface area contributed by atoms with E-state index in [1.807, 2.05) is 0 Å². The third-order valence-electron chi connectivity index (χ3n) is 2.83. The maximum atomic E-state index is 12.8. The van der Waals surface area contributed by atoms with E-state index in [9.17, 15) is 13.2 Å². The molecular weight excluding hydrogens is 273 g/mol. The largest absolute Gasteiger partial charge is 0.416 e. The number of aliphatic hydroxyl groups excluding tert-OH is 1. The fourth-order valence-corrected chi connectivity index (χ4v) is 1.70. The number of hydrazine groups is 1. The molecule has 0 aliphatic heterocycles. The number of halogens is 3. The van der Waals surface area contributed by atoms with Gasteiger partial charge in [-0.1, -0.05) is 0 Å². The van der Waals surface area contributed by atoms with Crippen LogP contribution in [0.15, 0.2) is 12.1 Å². The number of nitrogens with one attached hydrogen (secondary N) is 1. The van der Waals surface area contributed by atoms with Crippen molar-refractivity contribution >= 4 is 11.6 Å². The number of nitrogens with two attached hydrogens (primary N) is 1. The summed E-state index contributed by atoms with van der Waals surface area (Å²) in [5, 5.41) is 8.67. The molecule has 0 bridgehead atoms. The Morgan fingerprint density at radius 1 is 1.30 bits per heavy atom. The summed E-state index contributed by atoms with van der Waals surface area (Å²) in [6, 6.07) is 1.86. The minimum absolute atomic E-state index is 0.0305. The van der Waals surface area contributed by atoms with Gasteiger partial charge in [0, 0.05) is 20.2 Å². The van der Waals surface area contributed by atoms with Crippen LogP contribution in [0.1, 0.15) is 24.8 Å². The molecule has 8 heteroatoms. The van der Waals surface area contributed by atoms with Crippen LogP contribution in [0.5, 0.6) is 0 Å². The van der Waals surface area contributed by atoms with Crippen LogP contribution in [0.3, 0.4) is 0 Å². The molecule has 1 rings (SSSR count). The van der Waals surface area contributed by atoms with Crippen LogP contribution in [0.25, 0.3) is 0 Å². The van der Waals surface area contributed by atoms with E-state index in [0.29, 0.717) is 13.0 Å². The third kappa shape index (κ3) is 4.86. The molecule has 5 nitrogen and oxygen atoms in total. The maximum Gasteiger partial charge on any atom is 0.416 e. The summed E-state index contributed by atoms with van der Waals surface area (Å²) >= 11 is 0. The Kier molecular flexibility index (Phi) is 6.03. The number of anilines is 2. The van der Waals surface area contributed by atoms with Crippen LogP contribution in [0.4, 0.5) is 24.8 Å². The predicted molar refractivity (Wildman–Crippen MR) is 71.3 cm³/mol. The van der Waals surface area contributed by atoms with Gasteiger partial charge in [-0.15, -0.1) is 0 Å². The summed E-state index contributed by atoms with van der Waals surface area (Å²) in [4.78, 5) is 5.64. The second-order valence-corrected chi connectivity index (χ2v) is 4.45. The number of hydrogen-bond acceptors (Lipinski definition) is 5. The van der Waals surface area contributed by atoms with Crippen LogP contribution in [-0.4, -0.2) is 30.3 Å². The standard InChI is InChI=1S/C12H19F3N4O/c1-19(5-3-2-4-6-20)11-8-9(12(13,14)15)7-10(17-11)18-16/h7-8,20H,2-6,16H2,1H3,(H,17,18). The summed E-state index contributed by atoms with van der Waals surface area (Å²) in [5.74, 6) is 5.32. The zero-order valence-corrected chi connectivity index (χ0v) is 11.2. The van der Waals surface area contributed by atoms with Crippen molar-refractivity contribution < 1.29 is 18.3 Å². The average molecular weight is 292 g/mol. The highest BCUT2D eigenvalue weighted by molar-refractivity contribution is 5.50. The second kappa shape index (κ2) is 7.30. The zero-order chi connectivity index (χ0) is 15.2. The lowest BCUT2D eigenvalue weighted by atomic mass is 10.2. The van der Waals surface area contributed by atoms with Gasteiger partial charge in [-0.3, -0.25) is 0 Å². The van der Waals surface area contributed by atoms with Gasteiger partial charge in [-0.25, -0.2) is 10.8 Å². The fourth-order valence-electron chi connectivity index (χ4n) is 1.70. The topological polar surface area (TPSA) is 74.4 Å². The number of hydrogen-bond donors (Lipinski definition) is 3. The molecule has 1 heterocycles. The highest BCUT2D eigenvalue weighted by Crippen LogP contribution is 2.32. The van der Waals surface area contributed by atoms with Gasteiger partial charge < -0.3 is 15.4 Å². The van der Waals surface area contributed by atoms with Gasteiger partial charge >= 0.3 is 6.18 Å². The number of aliphatic hydroxyl groups is 1. The molecule has 0 aliphatic carbocycles. The maximum absolute atomic E-state index is 12.8. The molecule has 1 aromatic rings. The molecule has 0 spiro atoms. The summed E-state index contributed by atoms with van der Waals surface area (Å²) < 4.78 is 38.3. The molecule has 114 valence electrons. The SMILES string of the molecule is CN(CCCCCO)c1cc(C(F)(F)F)cc(NN)n1. The molecule has 0 fully saturated rings. The molecule has 0 unspecified atom stereocenters. The number of rotatable bonds is 7. The smallest absolute Gasteiger partial charge is 0.396 e. The van der Waals surface area contributed by atoms with Gasteiger partial charge in [0.05, 0.1) is 5.56 Å². The van der Waals surface area contributed by atoms with E-state index < -0.39 is 11.7 Å². The first-order chi connectivity index (χ1) is 9.38. The van der Waals surface area contributed by atoms with Gasteiger partial charge in [0.2, 0.25) is 0 Å². The Balaban J connectivity index is 2.82. The van der Waals surface area contributed by atoms with Crippen molar-refractivity contribution in [3.63, 3.8) is 0 Å². The monoisotopic (exact) mass is 292 g/mol. The van der Waals surface area contributed by atoms with E-state index in [4.69, 9.17) is 10.9 Å². The Labute approximate surface area is 115 Å². The first-order valence-electron chi connectivity index (χ1n) is 6.26. The lowest BCUT2D eigenvalue weighted by Crippen LogP contribution is -2.22. The van der Waals surface area contributed by atoms with E-state index >= 15 is 0 Å². The number of aromatic nitrogens is 1. The Morgan fingerprint density at radius 2 is 2.00 bits per heavy atom. The quantitative estimate of drug-likeness (QED) is 0.407. The first kappa shape index (κ1) is 16.5. The van der Waals surface area contributed by atoms with E-state index in [0.717, 1.165) is 25.0 Å². The van der Waals surface area contributed by atoms with Crippen LogP contribution >= 0.6 is 0 Å². The second-order valence-electron chi connectivity index (χ2n) is 4.45. The number of nitrogens with zero attached hydrogens (tertiary/aromatic N) is 2. The third-order valence-corrected chi connectivity index (χ3v) is 2.83. The molecule has 20 heavy (non-hydrogen) atoms. The molecule has 4 N–H and O–H groups in total. The Bertz CT molecular complexity index is 426. The number of alkyl halides is 3. The van der Waals surface area contributed by atoms with Gasteiger partial charge in [0.25, 0.3) is 0 Å². The van der Waals surface area contributed by atoms with E-state index in [2.05, 4.69) is 10.4 Å². The molecule has 0 aliphatic rings. The van der Waals surface area contributed by atoms with Crippen molar-refractivity contribution in [2.24, 2.45) is 5.84 Å². The molecule has 0 saturated heterocycles. The molecule has 0 saturated carbocycles. The molecule has 0 amide bonds. The Morgan fingerprint density at radius 3 is 2.55 bits per heavy atom. The first-order valence-corrected chi connectivity index (χ1v) is 6.26. The van der Waals surface area contributed by atoms with E-state index in [-0.39, 0.29) is 18.2 Å². The van der Waals surface area contributed by atoms with Crippen molar-refractivity contribution in [1.82, 2.24) is 4.98 Å². The van der Waals surface area contributed by atoms with Crippen molar-refractivity contribution in [3.05, 3.63) is 17.7 Å². The van der Waals surface area contributed by atoms with Crippen molar-refractivity contribution in [3.8, 4) is 0 Å². The highest BCUT2D eigenvalue weighted by atomic mass is 19.4. The predicted octanol–water partition coefficient (Wildman–Crippen LogP) is 1.98. The summed E-state index contributed by atoms with van der Waals surface area (Å²) in [6.45, 7) is 0.672. The zero-order valence-electron chi connectivity index (χ0n) is 11.2. The molecular formula is C12H19F3N4O. The molecule has 0 atom stereocenters. The van der Waals surface area contributed by atoms with Gasteiger partial charge in [-0.2, -0.15) is 13.2 Å². The normalized spacial score (nSPS) is 11.5. The lowest BCUT2D eigenvalue weighted by Gasteiger charge is -2.20. The Hall–Kier alpha value is -1.54. The lowest BCUT2D eigenvalue weighted by molar-refractivity contribution is -0.137. The van der Waals surface area contributed by atoms with Crippen molar-refractivity contribution in [1.29, 1.82) is 0 Å². The molecule has 0 aromatic carbocycles. The summed E-state index contributed by atoms with van der Waals surface area (Å²) in [7, 11) is 1.67. The van der Waals surface area contributed by atoms with Gasteiger partial charge in [0.15, 0.2) is 0 Å². The van der Waals surface area contributed by atoms with Crippen molar-refractivity contribution in [2.45, 2.75) is 25.4 Å². The molecule has 1 aromatic heterocycles. The van der Waals surface area contributed by atoms with Gasteiger partial charge in [0.1, 0.15) is 11.6 Å². The van der Waals surface area contributed by atoms with Crippen LogP contribution in [-0.2, 0) is 6.18 Å². The minimum Gasteiger partial charge on any atom is -0.396 e. The number of nitrogen functional groups attached to an aromatic ring is 1. The van der Waals surface area contributed by atoms with Crippen LogP contribution in [0, 0.1) is 0 Å². The fraction of sp³-hybridized carbons (Fsp3) is 0.583. The summed E-state index contributed by atoms with van der Waals surface area (Å²) in [5.41, 5.74) is 1.35. The van der Waals surface area contributed by atoms with Crippen LogP contribution in [0.2, 0.25) is 0 Å². The summed E-state index contributed by atoms with van der Waals surface area (Å²) in [6.07, 6.45) is -2.19.